The SMILES string of the molecule is Cc1nc(N2CC(CS(N)(=O)=O)CC2=O)ccc1I. The van der Waals surface area contributed by atoms with Gasteiger partial charge in [0.2, 0.25) is 15.9 Å². The molecule has 19 heavy (non-hydrogen) atoms. The minimum atomic E-state index is -3.55. The van der Waals surface area contributed by atoms with Crippen molar-refractivity contribution in [2.75, 3.05) is 17.2 Å². The summed E-state index contributed by atoms with van der Waals surface area (Å²) in [5.41, 5.74) is 0.848. The predicted octanol–water partition coefficient (Wildman–Crippen LogP) is 0.636. The fourth-order valence-electron chi connectivity index (χ4n) is 2.12. The van der Waals surface area contributed by atoms with Gasteiger partial charge in [0.15, 0.2) is 0 Å². The van der Waals surface area contributed by atoms with Crippen LogP contribution in [0, 0.1) is 16.4 Å². The first-order valence-corrected chi connectivity index (χ1v) is 8.49. The first-order chi connectivity index (χ1) is 8.76. The Labute approximate surface area is 125 Å². The molecule has 1 unspecified atom stereocenters. The molecule has 1 amide bonds. The van der Waals surface area contributed by atoms with Gasteiger partial charge in [-0.3, -0.25) is 9.69 Å². The maximum Gasteiger partial charge on any atom is 0.228 e. The number of hydrogen-bond acceptors (Lipinski definition) is 4. The Bertz CT molecular complexity index is 618. The molecular weight excluding hydrogens is 381 g/mol. The van der Waals surface area contributed by atoms with E-state index in [0.29, 0.717) is 12.4 Å². The van der Waals surface area contributed by atoms with Gasteiger partial charge in [-0.25, -0.2) is 18.5 Å². The molecular formula is C11H14IN3O3S. The topological polar surface area (TPSA) is 93.4 Å². The summed E-state index contributed by atoms with van der Waals surface area (Å²) in [7, 11) is -3.55. The van der Waals surface area contributed by atoms with Crippen LogP contribution in [-0.4, -0.2) is 31.6 Å². The van der Waals surface area contributed by atoms with E-state index in [1.165, 1.54) is 4.90 Å². The van der Waals surface area contributed by atoms with E-state index < -0.39 is 10.0 Å². The average Bonchev–Trinajstić information content (AvgIpc) is 2.61. The van der Waals surface area contributed by atoms with Crippen LogP contribution in [-0.2, 0) is 14.8 Å². The molecule has 8 heteroatoms. The number of aromatic nitrogens is 1. The molecule has 1 aliphatic heterocycles. The highest BCUT2D eigenvalue weighted by Gasteiger charge is 2.33. The first kappa shape index (κ1) is 14.7. The summed E-state index contributed by atoms with van der Waals surface area (Å²) in [6.45, 7) is 2.22. The van der Waals surface area contributed by atoms with Crippen molar-refractivity contribution in [3.05, 3.63) is 21.4 Å². The lowest BCUT2D eigenvalue weighted by Crippen LogP contribution is -2.28. The molecule has 2 rings (SSSR count). The summed E-state index contributed by atoms with van der Waals surface area (Å²) < 4.78 is 23.2. The van der Waals surface area contributed by atoms with E-state index in [1.807, 2.05) is 13.0 Å². The van der Waals surface area contributed by atoms with Crippen molar-refractivity contribution in [1.82, 2.24) is 4.98 Å². The Morgan fingerprint density at radius 2 is 2.21 bits per heavy atom. The van der Waals surface area contributed by atoms with Crippen LogP contribution in [0.1, 0.15) is 12.1 Å². The molecule has 2 N–H and O–H groups in total. The Morgan fingerprint density at radius 1 is 1.53 bits per heavy atom. The molecule has 1 fully saturated rings. The van der Waals surface area contributed by atoms with E-state index in [0.717, 1.165) is 9.26 Å². The second-order valence-electron chi connectivity index (χ2n) is 4.64. The lowest BCUT2D eigenvalue weighted by molar-refractivity contribution is -0.117. The molecule has 1 aliphatic rings. The molecule has 2 heterocycles. The van der Waals surface area contributed by atoms with Crippen LogP contribution < -0.4 is 10.0 Å². The van der Waals surface area contributed by atoms with Crippen molar-refractivity contribution in [3.8, 4) is 0 Å². The molecule has 1 aromatic rings. The number of carbonyl (C=O) groups is 1. The molecule has 1 saturated heterocycles. The highest BCUT2D eigenvalue weighted by Crippen LogP contribution is 2.25. The van der Waals surface area contributed by atoms with Crippen molar-refractivity contribution >= 4 is 44.3 Å². The number of primary sulfonamides is 1. The molecule has 6 nitrogen and oxygen atoms in total. The number of halogens is 1. The van der Waals surface area contributed by atoms with Crippen LogP contribution in [0.25, 0.3) is 0 Å². The number of nitrogens with two attached hydrogens (primary N) is 1. The Morgan fingerprint density at radius 3 is 2.79 bits per heavy atom. The maximum atomic E-state index is 11.9. The normalized spacial score (nSPS) is 20.1. The third kappa shape index (κ3) is 3.63. The largest absolute Gasteiger partial charge is 0.296 e. The molecule has 1 aromatic heterocycles. The summed E-state index contributed by atoms with van der Waals surface area (Å²) in [6.07, 6.45) is 0.198. The third-order valence-electron chi connectivity index (χ3n) is 2.96. The fraction of sp³-hybridized carbons (Fsp3) is 0.455. The van der Waals surface area contributed by atoms with Crippen LogP contribution >= 0.6 is 22.6 Å². The van der Waals surface area contributed by atoms with Gasteiger partial charge in [-0.1, -0.05) is 0 Å². The number of sulfonamides is 1. The minimum absolute atomic E-state index is 0.109. The molecule has 0 spiro atoms. The number of nitrogens with zero attached hydrogens (tertiary/aromatic N) is 2. The maximum absolute atomic E-state index is 11.9. The predicted molar refractivity (Wildman–Crippen MR) is 80.1 cm³/mol. The van der Waals surface area contributed by atoms with E-state index >= 15 is 0 Å². The Kier molecular flexibility index (Phi) is 4.11. The summed E-state index contributed by atoms with van der Waals surface area (Å²) >= 11 is 2.17. The summed E-state index contributed by atoms with van der Waals surface area (Å²) in [5, 5.41) is 5.01. The minimum Gasteiger partial charge on any atom is -0.296 e. The number of aryl methyl sites for hydroxylation is 1. The number of rotatable bonds is 3. The van der Waals surface area contributed by atoms with Crippen LogP contribution in [0.4, 0.5) is 5.82 Å². The molecule has 0 saturated carbocycles. The van der Waals surface area contributed by atoms with Crippen molar-refractivity contribution in [2.24, 2.45) is 11.1 Å². The zero-order chi connectivity index (χ0) is 14.2. The molecule has 1 atom stereocenters. The number of pyridine rings is 1. The zero-order valence-electron chi connectivity index (χ0n) is 10.3. The van der Waals surface area contributed by atoms with Crippen molar-refractivity contribution < 1.29 is 13.2 Å². The van der Waals surface area contributed by atoms with Gasteiger partial charge in [0.1, 0.15) is 5.82 Å². The fourth-order valence-corrected chi connectivity index (χ4v) is 3.31. The summed E-state index contributed by atoms with van der Waals surface area (Å²) in [6, 6.07) is 3.66. The highest BCUT2D eigenvalue weighted by molar-refractivity contribution is 14.1. The van der Waals surface area contributed by atoms with Crippen LogP contribution in [0.3, 0.4) is 0 Å². The standard InChI is InChI=1S/C11H14IN3O3S/c1-7-9(12)2-3-10(14-7)15-5-8(4-11(15)16)6-19(13,17)18/h2-3,8H,4-6H2,1H3,(H2,13,17,18). The zero-order valence-corrected chi connectivity index (χ0v) is 13.3. The van der Waals surface area contributed by atoms with E-state index in [-0.39, 0.29) is 24.0 Å². The van der Waals surface area contributed by atoms with Crippen LogP contribution in [0.15, 0.2) is 12.1 Å². The van der Waals surface area contributed by atoms with Gasteiger partial charge in [0, 0.05) is 22.5 Å². The van der Waals surface area contributed by atoms with Crippen LogP contribution in [0.2, 0.25) is 0 Å². The first-order valence-electron chi connectivity index (χ1n) is 5.70. The second kappa shape index (κ2) is 5.33. The monoisotopic (exact) mass is 395 g/mol. The van der Waals surface area contributed by atoms with E-state index in [9.17, 15) is 13.2 Å². The number of carbonyl (C=O) groups excluding carboxylic acids is 1. The number of hydrogen-bond donors (Lipinski definition) is 1. The lowest BCUT2D eigenvalue weighted by Gasteiger charge is -2.16. The highest BCUT2D eigenvalue weighted by atomic mass is 127. The number of anilines is 1. The van der Waals surface area contributed by atoms with Crippen LogP contribution in [0.5, 0.6) is 0 Å². The smallest absolute Gasteiger partial charge is 0.228 e. The summed E-state index contributed by atoms with van der Waals surface area (Å²) in [4.78, 5) is 17.8. The van der Waals surface area contributed by atoms with Gasteiger partial charge in [0.25, 0.3) is 0 Å². The van der Waals surface area contributed by atoms with Crippen molar-refractivity contribution in [1.29, 1.82) is 0 Å². The Hall–Kier alpha value is -0.740. The molecule has 0 aromatic carbocycles. The van der Waals surface area contributed by atoms with Crippen molar-refractivity contribution in [3.63, 3.8) is 0 Å². The van der Waals surface area contributed by atoms with Crippen molar-refractivity contribution in [2.45, 2.75) is 13.3 Å². The Balaban J connectivity index is 2.18. The van der Waals surface area contributed by atoms with E-state index in [2.05, 4.69) is 27.6 Å². The molecule has 0 aliphatic carbocycles. The van der Waals surface area contributed by atoms with Gasteiger partial charge in [-0.05, 0) is 41.6 Å². The van der Waals surface area contributed by atoms with Gasteiger partial charge in [-0.2, -0.15) is 0 Å². The molecule has 0 radical (unpaired) electrons. The lowest BCUT2D eigenvalue weighted by atomic mass is 10.1. The third-order valence-corrected chi connectivity index (χ3v) is 5.03. The van der Waals surface area contributed by atoms with Gasteiger partial charge in [-0.15, -0.1) is 0 Å². The molecule has 104 valence electrons. The second-order valence-corrected chi connectivity index (χ2v) is 7.46. The van der Waals surface area contributed by atoms with E-state index in [4.69, 9.17) is 5.14 Å². The van der Waals surface area contributed by atoms with Gasteiger partial charge in [0.05, 0.1) is 11.4 Å². The molecule has 0 bridgehead atoms. The number of amides is 1. The van der Waals surface area contributed by atoms with Gasteiger partial charge < -0.3 is 0 Å². The quantitative estimate of drug-likeness (QED) is 0.761. The van der Waals surface area contributed by atoms with E-state index in [1.54, 1.807) is 6.07 Å². The average molecular weight is 395 g/mol. The summed E-state index contributed by atoms with van der Waals surface area (Å²) in [5.74, 6) is 0.0315. The van der Waals surface area contributed by atoms with Gasteiger partial charge >= 0.3 is 0 Å².